The Labute approximate surface area is 255 Å². The van der Waals surface area contributed by atoms with Crippen molar-refractivity contribution in [2.45, 2.75) is 34.9 Å². The van der Waals surface area contributed by atoms with Gasteiger partial charge in [0.2, 0.25) is 17.6 Å². The highest BCUT2D eigenvalue weighted by atomic mass is 35.5. The van der Waals surface area contributed by atoms with Crippen LogP contribution in [0.4, 0.5) is 40.8 Å². The van der Waals surface area contributed by atoms with Crippen molar-refractivity contribution in [2.75, 3.05) is 4.90 Å². The van der Waals surface area contributed by atoms with Crippen molar-refractivity contribution in [3.05, 3.63) is 64.5 Å². The van der Waals surface area contributed by atoms with Gasteiger partial charge in [0.15, 0.2) is 33.0 Å². The Balaban J connectivity index is 1.62. The number of imide groups is 2. The first-order valence-electron chi connectivity index (χ1n) is 12.8. The molecular weight excluding hydrogens is 671 g/mol. The van der Waals surface area contributed by atoms with Crippen LogP contribution >= 0.6 is 23.2 Å². The summed E-state index contributed by atoms with van der Waals surface area (Å²) < 4.78 is 115. The van der Waals surface area contributed by atoms with Gasteiger partial charge >= 0.3 is 6.36 Å². The highest BCUT2D eigenvalue weighted by Crippen LogP contribution is 2.66. The van der Waals surface area contributed by atoms with Crippen LogP contribution < -0.4 is 15.0 Å². The molecule has 1 saturated carbocycles. The van der Waals surface area contributed by atoms with Crippen LogP contribution in [0.5, 0.6) is 11.5 Å². The van der Waals surface area contributed by atoms with Gasteiger partial charge in [-0.15, -0.1) is 36.4 Å². The van der Waals surface area contributed by atoms with Gasteiger partial charge in [0.05, 0.1) is 11.8 Å². The molecule has 18 heteroatoms. The summed E-state index contributed by atoms with van der Waals surface area (Å²) in [6, 6.07) is 1.97. The van der Waals surface area contributed by atoms with Crippen LogP contribution in [-0.4, -0.2) is 44.8 Å². The number of fused-ring (bicyclic) bond motifs is 4. The average Bonchev–Trinajstić information content (AvgIpc) is 3.33. The van der Waals surface area contributed by atoms with Crippen molar-refractivity contribution in [3.8, 4) is 11.5 Å². The molecule has 2 aromatic carbocycles. The Bertz CT molecular complexity index is 1760. The first kappa shape index (κ1) is 31.1. The fourth-order valence-electron chi connectivity index (χ4n) is 6.78. The van der Waals surface area contributed by atoms with E-state index in [0.29, 0.717) is 18.2 Å². The van der Waals surface area contributed by atoms with Crippen LogP contribution in [-0.2, 0) is 19.2 Å². The first-order chi connectivity index (χ1) is 20.8. The van der Waals surface area contributed by atoms with E-state index < -0.39 is 127 Å². The molecule has 0 aromatic heterocycles. The summed E-state index contributed by atoms with van der Waals surface area (Å²) in [5, 5.41) is 12.9. The number of allylic oxidation sites excluding steroid dienone is 2. The van der Waals surface area contributed by atoms with E-state index in [4.69, 9.17) is 23.2 Å². The molecule has 2 aliphatic carbocycles. The van der Waals surface area contributed by atoms with Gasteiger partial charge in [-0.25, -0.2) is 26.9 Å². The highest BCUT2D eigenvalue weighted by molar-refractivity contribution is 6.58. The average molecular weight is 685 g/mol. The topological polar surface area (TPSA) is 113 Å². The third-order valence-corrected chi connectivity index (χ3v) is 10.0. The number of phenols is 1. The number of nitrogens with zero attached hydrogens (tertiary/aromatic N) is 1. The molecule has 4 amide bonds. The molecule has 2 N–H and O–H groups in total. The number of aromatic hydroxyl groups is 1. The summed E-state index contributed by atoms with van der Waals surface area (Å²) in [7, 11) is 0. The standard InChI is InChI=1S/C27H14Cl2F8N2O6/c28-25-6-11-8(2-3-9-13(11)22(42)38-21(9)41)14(10-5-7(1-4-12(10)40)45-27(35,36)37)26(25,29)24(44)39(23(25)43)20-18(33)16(31)15(30)17(32)19(20)34/h1-2,4-5,9,11,13-14,40H,3,6H2,(H,38,41,42)/t9-,11+,13-,14+,25+,26-/m0/s1. The number of benzene rings is 2. The van der Waals surface area contributed by atoms with Crippen LogP contribution in [0.1, 0.15) is 24.3 Å². The molecule has 6 atom stereocenters. The first-order valence-corrected chi connectivity index (χ1v) is 13.5. The maximum Gasteiger partial charge on any atom is 0.573 e. The van der Waals surface area contributed by atoms with Crippen molar-refractivity contribution >= 4 is 52.5 Å². The summed E-state index contributed by atoms with van der Waals surface area (Å²) in [5.41, 5.74) is -2.75. The number of hydrogen-bond donors (Lipinski definition) is 2. The lowest BCUT2D eigenvalue weighted by Gasteiger charge is -2.50. The summed E-state index contributed by atoms with van der Waals surface area (Å²) >= 11 is 13.6. The summed E-state index contributed by atoms with van der Waals surface area (Å²) in [6.07, 6.45) is -4.99. The van der Waals surface area contributed by atoms with Gasteiger partial charge in [0.25, 0.3) is 11.8 Å². The monoisotopic (exact) mass is 684 g/mol. The maximum absolute atomic E-state index is 15.0. The van der Waals surface area contributed by atoms with Gasteiger partial charge in [-0.3, -0.25) is 24.5 Å². The van der Waals surface area contributed by atoms with Gasteiger partial charge in [0, 0.05) is 11.5 Å². The van der Waals surface area contributed by atoms with E-state index >= 15 is 0 Å². The summed E-state index contributed by atoms with van der Waals surface area (Å²) in [6.45, 7) is 0. The lowest BCUT2D eigenvalue weighted by atomic mass is 9.56. The fourth-order valence-corrected chi connectivity index (χ4v) is 7.71. The summed E-state index contributed by atoms with van der Waals surface area (Å²) in [5.74, 6) is -25.5. The van der Waals surface area contributed by atoms with Crippen molar-refractivity contribution in [1.29, 1.82) is 0 Å². The van der Waals surface area contributed by atoms with Crippen LogP contribution in [0.15, 0.2) is 29.8 Å². The molecule has 2 aromatic rings. The summed E-state index contributed by atoms with van der Waals surface area (Å²) in [4.78, 5) is 47.0. The molecule has 6 rings (SSSR count). The zero-order valence-electron chi connectivity index (χ0n) is 21.7. The van der Waals surface area contributed by atoms with E-state index in [0.717, 1.165) is 0 Å². The number of carbonyl (C=O) groups is 4. The van der Waals surface area contributed by atoms with E-state index in [9.17, 15) is 59.4 Å². The number of rotatable bonds is 3. The largest absolute Gasteiger partial charge is 0.573 e. The Hall–Kier alpha value is -3.92. The number of phenolic OH excluding ortho intramolecular Hbond substituents is 1. The Morgan fingerprint density at radius 3 is 2.09 bits per heavy atom. The molecule has 2 heterocycles. The molecule has 45 heavy (non-hydrogen) atoms. The van der Waals surface area contributed by atoms with Crippen molar-refractivity contribution in [2.24, 2.45) is 17.8 Å². The number of amides is 4. The minimum Gasteiger partial charge on any atom is -0.508 e. The second kappa shape index (κ2) is 9.79. The molecule has 0 radical (unpaired) electrons. The number of alkyl halides is 5. The molecule has 238 valence electrons. The maximum atomic E-state index is 15.0. The third-order valence-electron chi connectivity index (χ3n) is 8.61. The lowest BCUT2D eigenvalue weighted by molar-refractivity contribution is -0.274. The molecule has 0 unspecified atom stereocenters. The van der Waals surface area contributed by atoms with Crippen molar-refractivity contribution in [1.82, 2.24) is 5.32 Å². The van der Waals surface area contributed by atoms with Crippen molar-refractivity contribution in [3.63, 3.8) is 0 Å². The Morgan fingerprint density at radius 1 is 0.889 bits per heavy atom. The number of hydrogen-bond acceptors (Lipinski definition) is 6. The highest BCUT2D eigenvalue weighted by Gasteiger charge is 2.77. The molecule has 4 aliphatic rings. The van der Waals surface area contributed by atoms with Gasteiger partial charge < -0.3 is 9.84 Å². The number of halogens is 10. The van der Waals surface area contributed by atoms with Gasteiger partial charge in [-0.05, 0) is 37.0 Å². The predicted molar refractivity (Wildman–Crippen MR) is 134 cm³/mol. The van der Waals surface area contributed by atoms with Crippen molar-refractivity contribution < 1.29 is 64.1 Å². The Kier molecular flexibility index (Phi) is 6.76. The van der Waals surface area contributed by atoms with E-state index in [1.54, 1.807) is 0 Å². The molecule has 8 nitrogen and oxygen atoms in total. The number of ether oxygens (including phenoxy) is 1. The zero-order valence-corrected chi connectivity index (χ0v) is 23.3. The molecule has 3 fully saturated rings. The second-order valence-corrected chi connectivity index (χ2v) is 12.1. The fraction of sp³-hybridized carbons (Fsp3) is 0.333. The number of anilines is 1. The minimum absolute atomic E-state index is 0.0766. The minimum atomic E-state index is -5.26. The normalized spacial score (nSPS) is 31.0. The molecular formula is C27H14Cl2F8N2O6. The van der Waals surface area contributed by atoms with Crippen LogP contribution in [0.25, 0.3) is 0 Å². The van der Waals surface area contributed by atoms with Gasteiger partial charge in [-0.2, -0.15) is 0 Å². The number of carbonyl (C=O) groups excluding carboxylic acids is 4. The molecule has 0 spiro atoms. The molecule has 0 bridgehead atoms. The van der Waals surface area contributed by atoms with E-state index in [1.807, 2.05) is 0 Å². The Morgan fingerprint density at radius 2 is 1.49 bits per heavy atom. The van der Waals surface area contributed by atoms with Crippen LogP contribution in [0.3, 0.4) is 0 Å². The predicted octanol–water partition coefficient (Wildman–Crippen LogP) is 4.84. The van der Waals surface area contributed by atoms with E-state index in [1.165, 1.54) is 6.08 Å². The molecule has 2 aliphatic heterocycles. The SMILES string of the molecule is O=C1NC(=O)[C@H]2CC=C3[C@@H](C[C@@]4(Cl)C(=O)N(c5c(F)c(F)c(F)c(F)c5F)C(=O)[C@@]4(Cl)[C@H]3c3cc(OC(F)(F)F)ccc3O)[C@@H]12. The third kappa shape index (κ3) is 4.10. The molecule has 2 saturated heterocycles. The van der Waals surface area contributed by atoms with E-state index in [-0.39, 0.29) is 12.0 Å². The van der Waals surface area contributed by atoms with E-state index in [2.05, 4.69) is 10.1 Å². The quantitative estimate of drug-likeness (QED) is 0.120. The lowest BCUT2D eigenvalue weighted by Crippen LogP contribution is -2.60. The van der Waals surface area contributed by atoms with Gasteiger partial charge in [0.1, 0.15) is 17.2 Å². The zero-order chi connectivity index (χ0) is 33.1. The number of nitrogens with one attached hydrogen (secondary N) is 1. The van der Waals surface area contributed by atoms with Crippen LogP contribution in [0, 0.1) is 46.8 Å². The second-order valence-electron chi connectivity index (χ2n) is 10.8. The van der Waals surface area contributed by atoms with Crippen LogP contribution in [0.2, 0.25) is 0 Å². The van der Waals surface area contributed by atoms with Gasteiger partial charge in [-0.1, -0.05) is 11.6 Å². The smallest absolute Gasteiger partial charge is 0.508 e.